The fraction of sp³-hybridized carbons (Fsp3) is 0.278. The Morgan fingerprint density at radius 1 is 1.20 bits per heavy atom. The molecule has 130 valence electrons. The van der Waals surface area contributed by atoms with Crippen LogP contribution in [0.5, 0.6) is 0 Å². The summed E-state index contributed by atoms with van der Waals surface area (Å²) in [5.41, 5.74) is 7.05. The van der Waals surface area contributed by atoms with Gasteiger partial charge in [-0.25, -0.2) is 8.42 Å². The number of benzene rings is 2. The van der Waals surface area contributed by atoms with Crippen molar-refractivity contribution in [2.24, 2.45) is 5.10 Å². The lowest BCUT2D eigenvalue weighted by molar-refractivity contribution is 0.577. The molecule has 5 nitrogen and oxygen atoms in total. The van der Waals surface area contributed by atoms with Crippen LogP contribution in [0.3, 0.4) is 0 Å². The van der Waals surface area contributed by atoms with Crippen molar-refractivity contribution in [2.45, 2.75) is 29.2 Å². The van der Waals surface area contributed by atoms with Crippen molar-refractivity contribution >= 4 is 38.7 Å². The summed E-state index contributed by atoms with van der Waals surface area (Å²) in [6.07, 6.45) is 0.623. The number of hydrogen-bond acceptors (Lipinski definition) is 6. The molecule has 0 radical (unpaired) electrons. The van der Waals surface area contributed by atoms with Gasteiger partial charge in [-0.2, -0.15) is 5.10 Å². The minimum Gasteiger partial charge on any atom is -0.354 e. The number of nitrogens with one attached hydrogen (secondary N) is 2. The zero-order chi connectivity index (χ0) is 17.4. The smallest absolute Gasteiger partial charge is 0.152 e. The standard InChI is InChI=1S/C18H19N3O2S2/c1-12(20-21-14-8-9-25(22,23)11-14)13-6-7-18-16(10-13)19-15-4-2-3-5-17(15)24-18/h2-7,10,14,19,21H,8-9,11H2,1H3/b20-12-/t14-/m1/s1. The molecule has 0 unspecified atom stereocenters. The van der Waals surface area contributed by atoms with Crippen LogP contribution in [0, 0.1) is 0 Å². The van der Waals surface area contributed by atoms with Gasteiger partial charge in [0.15, 0.2) is 9.84 Å². The molecule has 2 aromatic rings. The predicted molar refractivity (Wildman–Crippen MR) is 103 cm³/mol. The summed E-state index contributed by atoms with van der Waals surface area (Å²) >= 11 is 1.75. The first-order valence-electron chi connectivity index (χ1n) is 8.19. The van der Waals surface area contributed by atoms with Gasteiger partial charge in [-0.1, -0.05) is 30.0 Å². The molecule has 2 aliphatic rings. The SMILES string of the molecule is C/C(=N/N[C@@H]1CCS(=O)(=O)C1)c1ccc2c(c1)Nc1ccccc1S2. The second-order valence-electron chi connectivity index (χ2n) is 6.36. The second-order valence-corrected chi connectivity index (χ2v) is 9.67. The first-order valence-corrected chi connectivity index (χ1v) is 10.8. The van der Waals surface area contributed by atoms with Gasteiger partial charge >= 0.3 is 0 Å². The molecule has 0 amide bonds. The van der Waals surface area contributed by atoms with Gasteiger partial charge in [0.05, 0.1) is 34.6 Å². The quantitative estimate of drug-likeness (QED) is 0.544. The molecule has 1 saturated heterocycles. The fourth-order valence-electron chi connectivity index (χ4n) is 3.01. The maximum Gasteiger partial charge on any atom is 0.152 e. The molecule has 1 atom stereocenters. The Labute approximate surface area is 151 Å². The highest BCUT2D eigenvalue weighted by Crippen LogP contribution is 2.44. The molecular formula is C18H19N3O2S2. The minimum absolute atomic E-state index is 0.0851. The molecule has 7 heteroatoms. The minimum atomic E-state index is -2.89. The first kappa shape index (κ1) is 16.5. The molecule has 0 aliphatic carbocycles. The third-order valence-corrected chi connectivity index (χ3v) is 7.34. The Morgan fingerprint density at radius 3 is 2.80 bits per heavy atom. The van der Waals surface area contributed by atoms with Crippen molar-refractivity contribution in [3.8, 4) is 0 Å². The number of nitrogens with zero attached hydrogens (tertiary/aromatic N) is 1. The van der Waals surface area contributed by atoms with E-state index in [-0.39, 0.29) is 17.5 Å². The molecule has 25 heavy (non-hydrogen) atoms. The van der Waals surface area contributed by atoms with Crippen LogP contribution in [0.2, 0.25) is 0 Å². The Morgan fingerprint density at radius 2 is 2.00 bits per heavy atom. The average molecular weight is 374 g/mol. The van der Waals surface area contributed by atoms with E-state index in [0.717, 1.165) is 22.6 Å². The number of para-hydroxylation sites is 1. The fourth-order valence-corrected chi connectivity index (χ4v) is 5.65. The Bertz CT molecular complexity index is 955. The van der Waals surface area contributed by atoms with E-state index in [1.54, 1.807) is 11.8 Å². The van der Waals surface area contributed by atoms with Gasteiger partial charge in [-0.15, -0.1) is 0 Å². The molecule has 2 aliphatic heterocycles. The molecule has 2 N–H and O–H groups in total. The molecule has 4 rings (SSSR count). The third kappa shape index (κ3) is 3.52. The molecule has 0 bridgehead atoms. The number of hydrogen-bond donors (Lipinski definition) is 2. The van der Waals surface area contributed by atoms with Crippen molar-refractivity contribution in [1.82, 2.24) is 5.43 Å². The molecule has 1 fully saturated rings. The summed E-state index contributed by atoms with van der Waals surface area (Å²) < 4.78 is 23.0. The van der Waals surface area contributed by atoms with Crippen LogP contribution >= 0.6 is 11.8 Å². The number of fused-ring (bicyclic) bond motifs is 2. The maximum absolute atomic E-state index is 11.5. The van der Waals surface area contributed by atoms with Gasteiger partial charge in [0.25, 0.3) is 0 Å². The number of anilines is 2. The first-order chi connectivity index (χ1) is 12.0. The molecule has 2 heterocycles. The van der Waals surface area contributed by atoms with Crippen LogP contribution in [0.4, 0.5) is 11.4 Å². The monoisotopic (exact) mass is 373 g/mol. The zero-order valence-electron chi connectivity index (χ0n) is 13.8. The second kappa shape index (κ2) is 6.38. The van der Waals surface area contributed by atoms with Crippen molar-refractivity contribution in [3.63, 3.8) is 0 Å². The van der Waals surface area contributed by atoms with Gasteiger partial charge < -0.3 is 10.7 Å². The van der Waals surface area contributed by atoms with E-state index in [1.807, 2.05) is 25.1 Å². The Hall–Kier alpha value is -1.99. The van der Waals surface area contributed by atoms with Gasteiger partial charge in [0, 0.05) is 9.79 Å². The predicted octanol–water partition coefficient (Wildman–Crippen LogP) is 3.40. The van der Waals surface area contributed by atoms with Crippen molar-refractivity contribution in [2.75, 3.05) is 16.8 Å². The van der Waals surface area contributed by atoms with Crippen molar-refractivity contribution in [1.29, 1.82) is 0 Å². The molecule has 2 aromatic carbocycles. The highest BCUT2D eigenvalue weighted by molar-refractivity contribution is 7.99. The topological polar surface area (TPSA) is 70.6 Å². The third-order valence-electron chi connectivity index (χ3n) is 4.42. The number of sulfone groups is 1. The summed E-state index contributed by atoms with van der Waals surface area (Å²) in [6, 6.07) is 14.4. The normalized spacial score (nSPS) is 21.2. The van der Waals surface area contributed by atoms with E-state index in [2.05, 4.69) is 40.1 Å². The van der Waals surface area contributed by atoms with E-state index in [0.29, 0.717) is 6.42 Å². The Balaban J connectivity index is 1.51. The van der Waals surface area contributed by atoms with E-state index in [9.17, 15) is 8.42 Å². The molecule has 0 spiro atoms. The van der Waals surface area contributed by atoms with E-state index >= 15 is 0 Å². The lowest BCUT2D eigenvalue weighted by Crippen LogP contribution is -2.26. The van der Waals surface area contributed by atoms with Crippen LogP contribution in [-0.2, 0) is 9.84 Å². The zero-order valence-corrected chi connectivity index (χ0v) is 15.5. The van der Waals surface area contributed by atoms with Crippen LogP contribution in [0.25, 0.3) is 0 Å². The van der Waals surface area contributed by atoms with Crippen LogP contribution in [-0.4, -0.2) is 31.7 Å². The van der Waals surface area contributed by atoms with Crippen LogP contribution in [0.15, 0.2) is 57.4 Å². The van der Waals surface area contributed by atoms with E-state index in [4.69, 9.17) is 0 Å². The van der Waals surface area contributed by atoms with E-state index in [1.165, 1.54) is 9.79 Å². The van der Waals surface area contributed by atoms with E-state index < -0.39 is 9.84 Å². The van der Waals surface area contributed by atoms with Crippen molar-refractivity contribution < 1.29 is 8.42 Å². The van der Waals surface area contributed by atoms with Crippen LogP contribution < -0.4 is 10.7 Å². The largest absolute Gasteiger partial charge is 0.354 e. The average Bonchev–Trinajstić information content (AvgIpc) is 2.96. The van der Waals surface area contributed by atoms with Gasteiger partial charge in [0.1, 0.15) is 0 Å². The maximum atomic E-state index is 11.5. The summed E-state index contributed by atoms with van der Waals surface area (Å²) in [6.45, 7) is 1.93. The summed E-state index contributed by atoms with van der Waals surface area (Å²) in [7, 11) is -2.89. The summed E-state index contributed by atoms with van der Waals surface area (Å²) in [5, 5.41) is 7.87. The van der Waals surface area contributed by atoms with Gasteiger partial charge in [0.2, 0.25) is 0 Å². The van der Waals surface area contributed by atoms with Crippen LogP contribution in [0.1, 0.15) is 18.9 Å². The van der Waals surface area contributed by atoms with Gasteiger partial charge in [-0.05, 0) is 43.2 Å². The molecular weight excluding hydrogens is 354 g/mol. The summed E-state index contributed by atoms with van der Waals surface area (Å²) in [4.78, 5) is 2.40. The highest BCUT2D eigenvalue weighted by Gasteiger charge is 2.27. The molecule has 0 saturated carbocycles. The van der Waals surface area contributed by atoms with Gasteiger partial charge in [-0.3, -0.25) is 0 Å². The Kier molecular flexibility index (Phi) is 4.21. The lowest BCUT2D eigenvalue weighted by Gasteiger charge is -2.21. The highest BCUT2D eigenvalue weighted by atomic mass is 32.2. The number of hydrazone groups is 1. The summed E-state index contributed by atoms with van der Waals surface area (Å²) in [5.74, 6) is 0.418. The number of rotatable bonds is 3. The lowest BCUT2D eigenvalue weighted by atomic mass is 10.1. The molecule has 0 aromatic heterocycles. The van der Waals surface area contributed by atoms with Crippen molar-refractivity contribution in [3.05, 3.63) is 48.0 Å².